The second kappa shape index (κ2) is 15.6. The molecule has 0 radical (unpaired) electrons. The van der Waals surface area contributed by atoms with Gasteiger partial charge in [0.25, 0.3) is 0 Å². The maximum Gasteiger partial charge on any atom is 0.318 e. The zero-order valence-corrected chi connectivity index (χ0v) is 30.6. The highest BCUT2D eigenvalue weighted by molar-refractivity contribution is 7.84. The van der Waals surface area contributed by atoms with Crippen LogP contribution in [0.3, 0.4) is 0 Å². The molecule has 2 atom stereocenters. The third-order valence-electron chi connectivity index (χ3n) is 10.1. The average Bonchev–Trinajstić information content (AvgIpc) is 3.77. The zero-order chi connectivity index (χ0) is 35.1. The zero-order valence-electron chi connectivity index (χ0n) is 28.8. The first kappa shape index (κ1) is 34.5. The van der Waals surface area contributed by atoms with Crippen LogP contribution in [0.1, 0.15) is 42.0 Å². The van der Waals surface area contributed by atoms with Crippen molar-refractivity contribution in [2.75, 3.05) is 12.3 Å². The number of carboxylic acids is 1. The van der Waals surface area contributed by atoms with Gasteiger partial charge < -0.3 is 9.90 Å². The van der Waals surface area contributed by atoms with E-state index >= 15 is 0 Å². The first-order valence-electron chi connectivity index (χ1n) is 17.6. The highest BCUT2D eigenvalue weighted by atomic mass is 31.1. The second-order valence-corrected chi connectivity index (χ2v) is 17.5. The van der Waals surface area contributed by atoms with Gasteiger partial charge in [-0.15, -0.1) is 0 Å². The molecule has 6 aromatic rings. The molecule has 3 nitrogen and oxygen atoms in total. The van der Waals surface area contributed by atoms with Gasteiger partial charge >= 0.3 is 10.9 Å². The van der Waals surface area contributed by atoms with Crippen LogP contribution in [0.25, 0.3) is 0 Å². The van der Waals surface area contributed by atoms with Crippen LogP contribution in [0, 0.1) is 0 Å². The normalized spacial score (nSPS) is 18.7. The molecule has 252 valence electrons. The fourth-order valence-corrected chi connectivity index (χ4v) is 13.7. The van der Waals surface area contributed by atoms with Gasteiger partial charge in [0.2, 0.25) is 0 Å². The van der Waals surface area contributed by atoms with Crippen molar-refractivity contribution in [1.82, 2.24) is 4.67 Å². The van der Waals surface area contributed by atoms with Crippen molar-refractivity contribution in [1.29, 1.82) is 0 Å². The Morgan fingerprint density at radius 3 is 0.961 bits per heavy atom. The SMILES string of the molecule is CC(=O)[O-].c1ccc(P2CCC(c3ccccc3)(c3ccccc3)C2=[N+]=C2P(c3ccccc3)CCC2(c2ccccc2)c2ccccc2)cc1. The van der Waals surface area contributed by atoms with Crippen molar-refractivity contribution in [2.45, 2.75) is 30.6 Å². The Morgan fingerprint density at radius 1 is 0.471 bits per heavy atom. The summed E-state index contributed by atoms with van der Waals surface area (Å²) in [6.07, 6.45) is 4.31. The molecule has 2 heterocycles. The molecule has 0 bridgehead atoms. The molecule has 5 heteroatoms. The van der Waals surface area contributed by atoms with Crippen LogP contribution in [0.5, 0.6) is 0 Å². The van der Waals surface area contributed by atoms with E-state index in [1.54, 1.807) is 0 Å². The lowest BCUT2D eigenvalue weighted by molar-refractivity contribution is -0.302. The van der Waals surface area contributed by atoms with Crippen molar-refractivity contribution in [2.24, 2.45) is 0 Å². The molecular formula is C46H41NO2P2. The van der Waals surface area contributed by atoms with E-state index in [9.17, 15) is 0 Å². The number of nitrogens with zero attached hydrogens (tertiary/aromatic N) is 1. The van der Waals surface area contributed by atoms with Gasteiger partial charge in [0.1, 0.15) is 10.8 Å². The van der Waals surface area contributed by atoms with Crippen LogP contribution in [0.15, 0.2) is 182 Å². The number of aliphatic carboxylic acids is 1. The molecule has 0 spiro atoms. The maximum atomic E-state index is 8.89. The standard InChI is InChI=1S/C44H38NP2.C2H4O2/c1-7-19-35(20-8-1)43(36-21-9-2-10-22-36)31-33-46(39-27-15-5-16-28-39)41(43)45-42-44(37-23-11-3-12-24-37,38-25-13-4-14-26-38)32-34-47(42)40-29-17-6-18-30-40;1-2(3)4/h1-30H,31-34H2;1H3,(H,3,4)/q+1;/p-1. The fourth-order valence-electron chi connectivity index (χ4n) is 7.90. The summed E-state index contributed by atoms with van der Waals surface area (Å²) in [6.45, 7) is 0.972. The van der Waals surface area contributed by atoms with Gasteiger partial charge in [-0.3, -0.25) is 0 Å². The minimum atomic E-state index is -1.08. The number of carboxylic acid groups (broad SMARTS) is 1. The van der Waals surface area contributed by atoms with Crippen LogP contribution in [0.2, 0.25) is 0 Å². The quantitative estimate of drug-likeness (QED) is 0.131. The van der Waals surface area contributed by atoms with E-state index in [1.807, 2.05) is 0 Å². The van der Waals surface area contributed by atoms with E-state index in [0.29, 0.717) is 0 Å². The minimum absolute atomic E-state index is 0.309. The Kier molecular flexibility index (Phi) is 10.5. The predicted octanol–water partition coefficient (Wildman–Crippen LogP) is 8.00. The van der Waals surface area contributed by atoms with Crippen molar-refractivity contribution in [3.63, 3.8) is 0 Å². The van der Waals surface area contributed by atoms with Crippen molar-refractivity contribution < 1.29 is 9.90 Å². The summed E-state index contributed by atoms with van der Waals surface area (Å²) in [7, 11) is -1.37. The summed E-state index contributed by atoms with van der Waals surface area (Å²) in [5.41, 5.74) is 7.47. The van der Waals surface area contributed by atoms with Crippen LogP contribution in [0.4, 0.5) is 0 Å². The first-order valence-corrected chi connectivity index (χ1v) is 20.6. The topological polar surface area (TPSA) is 54.2 Å². The summed E-state index contributed by atoms with van der Waals surface area (Å²) < 4.78 is 6.29. The number of benzene rings is 6. The highest BCUT2D eigenvalue weighted by Gasteiger charge is 2.59. The lowest BCUT2D eigenvalue weighted by Crippen LogP contribution is -2.39. The number of hydrogen-bond acceptors (Lipinski definition) is 2. The van der Waals surface area contributed by atoms with E-state index in [1.165, 1.54) is 43.8 Å². The summed E-state index contributed by atoms with van der Waals surface area (Å²) in [6, 6.07) is 67.4. The van der Waals surface area contributed by atoms with Gasteiger partial charge in [0, 0.05) is 21.8 Å². The van der Waals surface area contributed by atoms with Crippen molar-refractivity contribution >= 4 is 43.3 Å². The lowest BCUT2D eigenvalue weighted by atomic mass is 9.72. The highest BCUT2D eigenvalue weighted by Crippen LogP contribution is 2.59. The minimum Gasteiger partial charge on any atom is -0.550 e. The maximum absolute atomic E-state index is 8.89. The molecule has 0 saturated carbocycles. The van der Waals surface area contributed by atoms with Crippen LogP contribution in [-0.2, 0) is 15.6 Å². The Hall–Kier alpha value is -4.90. The molecule has 2 fully saturated rings. The molecule has 2 aliphatic rings. The average molecular weight is 702 g/mol. The predicted molar refractivity (Wildman–Crippen MR) is 215 cm³/mol. The number of rotatable bonds is 6. The lowest BCUT2D eigenvalue weighted by Gasteiger charge is -2.28. The van der Waals surface area contributed by atoms with Crippen molar-refractivity contribution in [3.05, 3.63) is 204 Å². The van der Waals surface area contributed by atoms with Crippen LogP contribution in [-0.4, -0.2) is 29.2 Å². The Labute approximate surface area is 304 Å². The van der Waals surface area contributed by atoms with Gasteiger partial charge in [-0.25, -0.2) is 0 Å². The fraction of sp³-hybridized carbons (Fsp3) is 0.152. The molecule has 0 aliphatic carbocycles. The Bertz CT molecular complexity index is 1890. The van der Waals surface area contributed by atoms with Gasteiger partial charge in [0.05, 0.1) is 0 Å². The number of carbonyl (C=O) groups is 1. The molecule has 2 aliphatic heterocycles. The Balaban J connectivity index is 0.000000966. The molecule has 2 saturated heterocycles. The summed E-state index contributed by atoms with van der Waals surface area (Å²) >= 11 is 0. The molecule has 6 aromatic carbocycles. The third-order valence-corrected chi connectivity index (χ3v) is 15.3. The molecule has 0 N–H and O–H groups in total. The monoisotopic (exact) mass is 701 g/mol. The van der Waals surface area contributed by atoms with Crippen molar-refractivity contribution in [3.8, 4) is 0 Å². The van der Waals surface area contributed by atoms with Crippen LogP contribution >= 0.6 is 15.8 Å². The molecular weight excluding hydrogens is 660 g/mol. The van der Waals surface area contributed by atoms with Gasteiger partial charge in [-0.2, -0.15) is 0 Å². The van der Waals surface area contributed by atoms with Crippen LogP contribution < -0.4 is 20.4 Å². The van der Waals surface area contributed by atoms with Gasteiger partial charge in [0.15, 0.2) is 0 Å². The third kappa shape index (κ3) is 6.79. The van der Waals surface area contributed by atoms with E-state index in [0.717, 1.165) is 32.1 Å². The molecule has 0 amide bonds. The summed E-state index contributed by atoms with van der Waals surface area (Å²) in [5, 5.41) is 11.7. The molecule has 51 heavy (non-hydrogen) atoms. The van der Waals surface area contributed by atoms with E-state index in [-0.39, 0.29) is 10.8 Å². The summed E-state index contributed by atoms with van der Waals surface area (Å²) in [5.74, 6) is -1.08. The second-order valence-electron chi connectivity index (χ2n) is 13.0. The molecule has 8 rings (SSSR count). The molecule has 2 unspecified atom stereocenters. The van der Waals surface area contributed by atoms with Gasteiger partial charge in [-0.05, 0) is 65.0 Å². The van der Waals surface area contributed by atoms with E-state index in [4.69, 9.17) is 14.6 Å². The smallest absolute Gasteiger partial charge is 0.318 e. The summed E-state index contributed by atoms with van der Waals surface area (Å²) in [4.78, 5) is 8.89. The number of carbonyl (C=O) groups excluding carboxylic acids is 1. The first-order chi connectivity index (χ1) is 25.0. The Morgan fingerprint density at radius 2 is 0.706 bits per heavy atom. The van der Waals surface area contributed by atoms with Gasteiger partial charge in [-0.1, -0.05) is 187 Å². The van der Waals surface area contributed by atoms with E-state index in [2.05, 4.69) is 182 Å². The van der Waals surface area contributed by atoms with E-state index < -0.39 is 21.8 Å². The molecule has 0 aromatic heterocycles. The largest absolute Gasteiger partial charge is 0.550 e. The number of hydrogen-bond donors (Lipinski definition) is 0.